The number of amides is 1. The van der Waals surface area contributed by atoms with Crippen molar-refractivity contribution >= 4 is 22.6 Å². The van der Waals surface area contributed by atoms with Crippen LogP contribution in [0.1, 0.15) is 16.7 Å². The monoisotopic (exact) mass is 361 g/mol. The van der Waals surface area contributed by atoms with Gasteiger partial charge in [-0.3, -0.25) is 4.79 Å². The summed E-state index contributed by atoms with van der Waals surface area (Å²) in [4.78, 5) is 23.6. The summed E-state index contributed by atoms with van der Waals surface area (Å²) >= 11 is 0. The number of carbonyl (C=O) groups excluding carboxylic acids is 1. The summed E-state index contributed by atoms with van der Waals surface area (Å²) in [5, 5.41) is 3.33. The zero-order valence-corrected chi connectivity index (χ0v) is 13.7. The summed E-state index contributed by atoms with van der Waals surface area (Å²) in [6.07, 6.45) is -4.67. The molecule has 0 aliphatic rings. The van der Waals surface area contributed by atoms with Crippen LogP contribution in [-0.2, 0) is 17.4 Å². The van der Waals surface area contributed by atoms with Crippen LogP contribution in [0.4, 0.5) is 18.9 Å². The zero-order chi connectivity index (χ0) is 18.9. The van der Waals surface area contributed by atoms with E-state index in [1.54, 1.807) is 19.1 Å². The van der Waals surface area contributed by atoms with Crippen LogP contribution in [0.2, 0.25) is 0 Å². The van der Waals surface area contributed by atoms with Gasteiger partial charge in [0.15, 0.2) is 0 Å². The lowest BCUT2D eigenvalue weighted by molar-refractivity contribution is -0.137. The molecule has 0 unspecified atom stereocenters. The van der Waals surface area contributed by atoms with Crippen LogP contribution in [0.5, 0.6) is 0 Å². The Kier molecular flexibility index (Phi) is 4.54. The predicted molar refractivity (Wildman–Crippen MR) is 91.0 cm³/mol. The van der Waals surface area contributed by atoms with Crippen LogP contribution in [-0.4, -0.2) is 5.91 Å². The Morgan fingerprint density at radius 1 is 1.12 bits per heavy atom. The summed E-state index contributed by atoms with van der Waals surface area (Å²) in [7, 11) is 0. The Bertz CT molecular complexity index is 1040. The highest BCUT2D eigenvalue weighted by atomic mass is 19.4. The number of hydrogen-bond acceptors (Lipinski definition) is 3. The lowest BCUT2D eigenvalue weighted by Gasteiger charge is -2.10. The maximum Gasteiger partial charge on any atom is 0.416 e. The van der Waals surface area contributed by atoms with E-state index >= 15 is 0 Å². The number of carbonyl (C=O) groups is 1. The molecule has 0 saturated carbocycles. The summed E-state index contributed by atoms with van der Waals surface area (Å²) < 4.78 is 43.3. The number of halogens is 3. The van der Waals surface area contributed by atoms with Crippen molar-refractivity contribution in [1.29, 1.82) is 0 Å². The number of fused-ring (bicyclic) bond motifs is 1. The first-order valence-corrected chi connectivity index (χ1v) is 7.73. The van der Waals surface area contributed by atoms with E-state index < -0.39 is 23.3 Å². The zero-order valence-electron chi connectivity index (χ0n) is 13.7. The number of nitrogens with one attached hydrogen (secondary N) is 1. The largest absolute Gasteiger partial charge is 0.423 e. The van der Waals surface area contributed by atoms with Crippen molar-refractivity contribution < 1.29 is 22.4 Å². The number of alkyl halides is 3. The van der Waals surface area contributed by atoms with Crippen LogP contribution in [0, 0.1) is 6.92 Å². The van der Waals surface area contributed by atoms with Crippen molar-refractivity contribution in [1.82, 2.24) is 0 Å². The predicted octanol–water partition coefficient (Wildman–Crippen LogP) is 4.30. The molecule has 134 valence electrons. The van der Waals surface area contributed by atoms with Gasteiger partial charge in [0, 0.05) is 23.2 Å². The lowest BCUT2D eigenvalue weighted by atomic mass is 10.1. The molecule has 7 heteroatoms. The molecule has 0 spiro atoms. The van der Waals surface area contributed by atoms with Gasteiger partial charge in [0.2, 0.25) is 5.91 Å². The minimum Gasteiger partial charge on any atom is -0.423 e. The molecule has 1 aromatic heterocycles. The lowest BCUT2D eigenvalue weighted by Crippen LogP contribution is -2.15. The van der Waals surface area contributed by atoms with Crippen molar-refractivity contribution in [2.24, 2.45) is 0 Å². The molecule has 3 aromatic rings. The summed E-state index contributed by atoms with van der Waals surface area (Å²) in [6.45, 7) is 1.77. The van der Waals surface area contributed by atoms with Gasteiger partial charge >= 0.3 is 11.8 Å². The molecule has 0 bridgehead atoms. The third-order valence-corrected chi connectivity index (χ3v) is 3.85. The quantitative estimate of drug-likeness (QED) is 0.708. The van der Waals surface area contributed by atoms with E-state index in [4.69, 9.17) is 4.42 Å². The van der Waals surface area contributed by atoms with Gasteiger partial charge in [0.05, 0.1) is 12.0 Å². The van der Waals surface area contributed by atoms with Gasteiger partial charge in [0.1, 0.15) is 5.58 Å². The molecule has 0 aliphatic heterocycles. The molecule has 3 rings (SSSR count). The average Bonchev–Trinajstić information content (AvgIpc) is 2.53. The van der Waals surface area contributed by atoms with Crippen LogP contribution >= 0.6 is 0 Å². The second-order valence-corrected chi connectivity index (χ2v) is 5.88. The molecule has 0 saturated heterocycles. The Hall–Kier alpha value is -3.09. The molecule has 4 nitrogen and oxygen atoms in total. The number of anilines is 1. The van der Waals surface area contributed by atoms with Gasteiger partial charge in [-0.25, -0.2) is 4.79 Å². The van der Waals surface area contributed by atoms with E-state index in [9.17, 15) is 22.8 Å². The third-order valence-electron chi connectivity index (χ3n) is 3.85. The molecule has 0 atom stereocenters. The highest BCUT2D eigenvalue weighted by Crippen LogP contribution is 2.29. The fourth-order valence-electron chi connectivity index (χ4n) is 2.65. The van der Waals surface area contributed by atoms with Crippen molar-refractivity contribution in [3.63, 3.8) is 0 Å². The fraction of sp³-hybridized carbons (Fsp3) is 0.158. The molecule has 0 radical (unpaired) electrons. The Balaban J connectivity index is 1.78. The number of hydrogen-bond donors (Lipinski definition) is 1. The van der Waals surface area contributed by atoms with Crippen molar-refractivity contribution in [3.05, 3.63) is 75.6 Å². The highest BCUT2D eigenvalue weighted by molar-refractivity contribution is 5.94. The molecule has 1 heterocycles. The molecule has 1 N–H and O–H groups in total. The topological polar surface area (TPSA) is 59.3 Å². The minimum absolute atomic E-state index is 0.209. The number of benzene rings is 2. The number of rotatable bonds is 3. The second-order valence-electron chi connectivity index (χ2n) is 5.88. The van der Waals surface area contributed by atoms with Gasteiger partial charge in [-0.2, -0.15) is 13.2 Å². The van der Waals surface area contributed by atoms with Crippen molar-refractivity contribution in [3.8, 4) is 0 Å². The van der Waals surface area contributed by atoms with E-state index in [1.165, 1.54) is 24.3 Å². The first-order valence-electron chi connectivity index (χ1n) is 7.73. The Morgan fingerprint density at radius 3 is 2.62 bits per heavy atom. The number of aryl methyl sites for hydroxylation is 1. The first kappa shape index (κ1) is 17.7. The van der Waals surface area contributed by atoms with Gasteiger partial charge in [-0.05, 0) is 36.2 Å². The smallest absolute Gasteiger partial charge is 0.416 e. The maximum atomic E-state index is 12.7. The van der Waals surface area contributed by atoms with E-state index in [2.05, 4.69) is 5.32 Å². The van der Waals surface area contributed by atoms with Gasteiger partial charge in [0.25, 0.3) is 0 Å². The van der Waals surface area contributed by atoms with Crippen molar-refractivity contribution in [2.75, 3.05) is 5.32 Å². The molecule has 26 heavy (non-hydrogen) atoms. The van der Waals surface area contributed by atoms with E-state index in [1.807, 2.05) is 0 Å². The summed E-state index contributed by atoms with van der Waals surface area (Å²) in [5.74, 6) is -0.473. The standard InChI is InChI=1S/C19H14F3NO3/c1-11-7-18(25)26-16-10-14(5-6-15(11)16)23-17(24)9-12-3-2-4-13(8-12)19(20,21)22/h2-8,10H,9H2,1H3,(H,23,24). The Labute approximate surface area is 146 Å². The normalized spacial score (nSPS) is 11.5. The van der Waals surface area contributed by atoms with Gasteiger partial charge in [-0.15, -0.1) is 0 Å². The third kappa shape index (κ3) is 3.93. The summed E-state index contributed by atoms with van der Waals surface area (Å²) in [5.41, 5.74) is 0.418. The summed E-state index contributed by atoms with van der Waals surface area (Å²) in [6, 6.07) is 10.8. The van der Waals surface area contributed by atoms with E-state index in [0.717, 1.165) is 23.1 Å². The average molecular weight is 361 g/mol. The van der Waals surface area contributed by atoms with Crippen LogP contribution in [0.25, 0.3) is 11.0 Å². The minimum atomic E-state index is -4.46. The maximum absolute atomic E-state index is 12.7. The van der Waals surface area contributed by atoms with E-state index in [0.29, 0.717) is 11.3 Å². The first-order chi connectivity index (χ1) is 12.2. The van der Waals surface area contributed by atoms with Crippen LogP contribution < -0.4 is 10.9 Å². The molecular weight excluding hydrogens is 347 g/mol. The molecule has 0 aliphatic carbocycles. The van der Waals surface area contributed by atoms with Gasteiger partial charge in [-0.1, -0.05) is 18.2 Å². The van der Waals surface area contributed by atoms with E-state index in [-0.39, 0.29) is 12.0 Å². The molecule has 1 amide bonds. The van der Waals surface area contributed by atoms with Gasteiger partial charge < -0.3 is 9.73 Å². The fourth-order valence-corrected chi connectivity index (χ4v) is 2.65. The highest BCUT2D eigenvalue weighted by Gasteiger charge is 2.30. The van der Waals surface area contributed by atoms with Crippen LogP contribution in [0.15, 0.2) is 57.7 Å². The molecule has 2 aromatic carbocycles. The SMILES string of the molecule is Cc1cc(=O)oc2cc(NC(=O)Cc3cccc(C(F)(F)F)c3)ccc12. The molecular formula is C19H14F3NO3. The van der Waals surface area contributed by atoms with Crippen molar-refractivity contribution in [2.45, 2.75) is 19.5 Å². The second kappa shape index (κ2) is 6.67. The molecule has 0 fully saturated rings. The van der Waals surface area contributed by atoms with Crippen LogP contribution in [0.3, 0.4) is 0 Å². The Morgan fingerprint density at radius 2 is 1.88 bits per heavy atom.